The molecule has 4 aromatic rings. The zero-order chi connectivity index (χ0) is 19.7. The Morgan fingerprint density at radius 2 is 1.82 bits per heavy atom. The number of nitrogens with zero attached hydrogens (tertiary/aromatic N) is 3. The molecule has 28 heavy (non-hydrogen) atoms. The van der Waals surface area contributed by atoms with Crippen molar-refractivity contribution in [2.45, 2.75) is 11.8 Å². The molecule has 10 heteroatoms. The molecule has 4 rings (SSSR count). The van der Waals surface area contributed by atoms with Crippen LogP contribution in [0.5, 0.6) is 0 Å². The average Bonchev–Trinajstić information content (AvgIpc) is 3.33. The molecule has 0 amide bonds. The first kappa shape index (κ1) is 18.2. The zero-order valence-electron chi connectivity index (χ0n) is 14.5. The zero-order valence-corrected chi connectivity index (χ0v) is 16.0. The maximum atomic E-state index is 12.7. The van der Waals surface area contributed by atoms with Gasteiger partial charge in [-0.15, -0.1) is 10.2 Å². The van der Waals surface area contributed by atoms with Gasteiger partial charge in [0.2, 0.25) is 5.89 Å². The normalized spacial score (nSPS) is 11.5. The second-order valence-corrected chi connectivity index (χ2v) is 7.87. The Morgan fingerprint density at radius 3 is 2.57 bits per heavy atom. The van der Waals surface area contributed by atoms with Crippen molar-refractivity contribution in [2.24, 2.45) is 0 Å². The minimum atomic E-state index is -3.86. The van der Waals surface area contributed by atoms with Gasteiger partial charge in [0.15, 0.2) is 11.6 Å². The highest BCUT2D eigenvalue weighted by Gasteiger charge is 2.19. The van der Waals surface area contributed by atoms with Crippen molar-refractivity contribution in [1.82, 2.24) is 15.2 Å². The molecular formula is C18H13ClN4O4S. The van der Waals surface area contributed by atoms with Crippen molar-refractivity contribution in [2.75, 3.05) is 4.72 Å². The van der Waals surface area contributed by atoms with Crippen LogP contribution in [0.15, 0.2) is 68.5 Å². The van der Waals surface area contributed by atoms with Crippen LogP contribution in [0.1, 0.15) is 5.89 Å². The van der Waals surface area contributed by atoms with E-state index in [1.54, 1.807) is 43.3 Å². The quantitative estimate of drug-likeness (QED) is 0.520. The topological polar surface area (TPSA) is 111 Å². The number of anilines is 1. The van der Waals surface area contributed by atoms with Gasteiger partial charge in [0.1, 0.15) is 6.26 Å². The Bertz CT molecular complexity index is 1250. The molecule has 0 bridgehead atoms. The number of aromatic nitrogens is 3. The summed E-state index contributed by atoms with van der Waals surface area (Å²) in [7, 11) is -3.86. The number of halogens is 1. The summed E-state index contributed by atoms with van der Waals surface area (Å²) >= 11 is 6.03. The van der Waals surface area contributed by atoms with Gasteiger partial charge in [0.25, 0.3) is 15.9 Å². The van der Waals surface area contributed by atoms with E-state index in [4.69, 9.17) is 20.4 Å². The molecular weight excluding hydrogens is 404 g/mol. The van der Waals surface area contributed by atoms with Gasteiger partial charge in [-0.1, -0.05) is 29.8 Å². The molecule has 2 heterocycles. The van der Waals surface area contributed by atoms with Crippen molar-refractivity contribution >= 4 is 27.3 Å². The van der Waals surface area contributed by atoms with E-state index in [-0.39, 0.29) is 22.4 Å². The Morgan fingerprint density at radius 1 is 1.04 bits per heavy atom. The second kappa shape index (κ2) is 7.10. The molecule has 2 aromatic carbocycles. The van der Waals surface area contributed by atoms with Crippen LogP contribution >= 0.6 is 11.6 Å². The van der Waals surface area contributed by atoms with Gasteiger partial charge in [-0.25, -0.2) is 13.4 Å². The fourth-order valence-electron chi connectivity index (χ4n) is 2.45. The van der Waals surface area contributed by atoms with Gasteiger partial charge in [0.05, 0.1) is 15.6 Å². The first-order valence-corrected chi connectivity index (χ1v) is 9.92. The van der Waals surface area contributed by atoms with Gasteiger partial charge in [-0.05, 0) is 30.3 Å². The summed E-state index contributed by atoms with van der Waals surface area (Å²) in [5.41, 5.74) is 1.14. The number of sulfonamides is 1. The highest BCUT2D eigenvalue weighted by atomic mass is 35.5. The fraction of sp³-hybridized carbons (Fsp3) is 0.0556. The van der Waals surface area contributed by atoms with Crippen molar-refractivity contribution < 1.29 is 17.3 Å². The summed E-state index contributed by atoms with van der Waals surface area (Å²) in [6.45, 7) is 1.70. The van der Waals surface area contributed by atoms with Crippen LogP contribution < -0.4 is 4.72 Å². The van der Waals surface area contributed by atoms with E-state index in [2.05, 4.69) is 19.9 Å². The lowest BCUT2D eigenvalue weighted by atomic mass is 10.2. The van der Waals surface area contributed by atoms with E-state index in [0.29, 0.717) is 22.2 Å². The van der Waals surface area contributed by atoms with E-state index < -0.39 is 10.0 Å². The van der Waals surface area contributed by atoms with Crippen molar-refractivity contribution in [3.8, 4) is 23.0 Å². The number of benzene rings is 2. The minimum absolute atomic E-state index is 0.0296. The second-order valence-electron chi connectivity index (χ2n) is 5.78. The van der Waals surface area contributed by atoms with E-state index in [9.17, 15) is 8.42 Å². The molecule has 8 nitrogen and oxygen atoms in total. The fourth-order valence-corrected chi connectivity index (χ4v) is 3.81. The Labute approximate surface area is 165 Å². The molecule has 142 valence electrons. The number of para-hydroxylation sites is 1. The first-order chi connectivity index (χ1) is 13.4. The minimum Gasteiger partial charge on any atom is -0.448 e. The molecule has 0 aliphatic carbocycles. The number of rotatable bonds is 5. The van der Waals surface area contributed by atoms with Crippen LogP contribution in [0.4, 0.5) is 5.69 Å². The summed E-state index contributed by atoms with van der Waals surface area (Å²) in [6, 6.07) is 12.7. The highest BCUT2D eigenvalue weighted by molar-refractivity contribution is 7.92. The van der Waals surface area contributed by atoms with Crippen molar-refractivity contribution in [3.05, 3.63) is 65.7 Å². The van der Waals surface area contributed by atoms with Crippen molar-refractivity contribution in [3.63, 3.8) is 0 Å². The van der Waals surface area contributed by atoms with Crippen LogP contribution in [-0.4, -0.2) is 23.6 Å². The Balaban J connectivity index is 1.65. The van der Waals surface area contributed by atoms with Gasteiger partial charge in [-0.3, -0.25) is 4.72 Å². The first-order valence-electron chi connectivity index (χ1n) is 8.06. The number of aryl methyl sites for hydroxylation is 1. The summed E-state index contributed by atoms with van der Waals surface area (Å²) in [4.78, 5) is 4.15. The van der Waals surface area contributed by atoms with Crippen LogP contribution in [0.3, 0.4) is 0 Å². The van der Waals surface area contributed by atoms with Crippen LogP contribution in [-0.2, 0) is 10.0 Å². The third-order valence-electron chi connectivity index (χ3n) is 3.77. The molecule has 1 N–H and O–H groups in total. The van der Waals surface area contributed by atoms with E-state index in [1.165, 1.54) is 18.4 Å². The van der Waals surface area contributed by atoms with Gasteiger partial charge in [-0.2, -0.15) is 0 Å². The summed E-state index contributed by atoms with van der Waals surface area (Å²) < 4.78 is 38.6. The largest absolute Gasteiger partial charge is 0.448 e. The lowest BCUT2D eigenvalue weighted by Crippen LogP contribution is -2.13. The van der Waals surface area contributed by atoms with Crippen LogP contribution in [0.25, 0.3) is 23.0 Å². The average molecular weight is 417 g/mol. The van der Waals surface area contributed by atoms with Gasteiger partial charge < -0.3 is 8.83 Å². The number of hydrogen-bond acceptors (Lipinski definition) is 7. The lowest BCUT2D eigenvalue weighted by molar-refractivity contribution is 0.521. The SMILES string of the molecule is Cc1nc(-c2nnc(-c3cccc(S(=O)(=O)Nc4ccccc4Cl)c3)o2)co1. The standard InChI is InChI=1S/C18H13ClN4O4S/c1-11-20-16(10-26-11)18-22-21-17(27-18)12-5-4-6-13(9-12)28(24,25)23-15-8-3-2-7-14(15)19/h2-10,23H,1H3. The molecule has 0 radical (unpaired) electrons. The van der Waals surface area contributed by atoms with E-state index in [0.717, 1.165) is 0 Å². The Hall–Kier alpha value is -3.17. The van der Waals surface area contributed by atoms with Gasteiger partial charge in [0, 0.05) is 12.5 Å². The van der Waals surface area contributed by atoms with Crippen molar-refractivity contribution in [1.29, 1.82) is 0 Å². The molecule has 0 spiro atoms. The molecule has 0 unspecified atom stereocenters. The summed E-state index contributed by atoms with van der Waals surface area (Å²) in [5, 5.41) is 8.18. The number of hydrogen-bond donors (Lipinski definition) is 1. The Kier molecular flexibility index (Phi) is 4.62. The van der Waals surface area contributed by atoms with E-state index in [1.807, 2.05) is 0 Å². The molecule has 0 aliphatic heterocycles. The molecule has 0 saturated heterocycles. The third-order valence-corrected chi connectivity index (χ3v) is 5.47. The van der Waals surface area contributed by atoms with Gasteiger partial charge >= 0.3 is 0 Å². The van der Waals surface area contributed by atoms with Crippen LogP contribution in [0.2, 0.25) is 5.02 Å². The maximum Gasteiger partial charge on any atom is 0.269 e. The predicted molar refractivity (Wildman–Crippen MR) is 102 cm³/mol. The molecule has 2 aromatic heterocycles. The lowest BCUT2D eigenvalue weighted by Gasteiger charge is -2.10. The predicted octanol–water partition coefficient (Wildman–Crippen LogP) is 4.15. The maximum absolute atomic E-state index is 12.7. The highest BCUT2D eigenvalue weighted by Crippen LogP contribution is 2.27. The summed E-state index contributed by atoms with van der Waals surface area (Å²) in [6.07, 6.45) is 1.40. The smallest absolute Gasteiger partial charge is 0.269 e. The van der Waals surface area contributed by atoms with E-state index >= 15 is 0 Å². The molecule has 0 atom stereocenters. The molecule has 0 aliphatic rings. The monoisotopic (exact) mass is 416 g/mol. The summed E-state index contributed by atoms with van der Waals surface area (Å²) in [5.74, 6) is 0.799. The van der Waals surface area contributed by atoms with Crippen LogP contribution in [0, 0.1) is 6.92 Å². The molecule has 0 fully saturated rings. The molecule has 0 saturated carbocycles. The third kappa shape index (κ3) is 3.62. The number of nitrogens with one attached hydrogen (secondary N) is 1. The number of oxazole rings is 1.